The molecule has 0 spiro atoms. The van der Waals surface area contributed by atoms with Gasteiger partial charge in [0.15, 0.2) is 0 Å². The Hall–Kier alpha value is -0.900. The number of hydrogen-bond donors (Lipinski definition) is 1. The Balaban J connectivity index is 1.95. The third-order valence-corrected chi connectivity index (χ3v) is 4.13. The van der Waals surface area contributed by atoms with Crippen LogP contribution in [-0.2, 0) is 4.74 Å². The summed E-state index contributed by atoms with van der Waals surface area (Å²) in [5.74, 6) is 0. The zero-order chi connectivity index (χ0) is 14.2. The van der Waals surface area contributed by atoms with Crippen molar-refractivity contribution in [1.29, 1.82) is 0 Å². The van der Waals surface area contributed by atoms with Crippen LogP contribution in [0.5, 0.6) is 0 Å². The van der Waals surface area contributed by atoms with E-state index >= 15 is 0 Å². The summed E-state index contributed by atoms with van der Waals surface area (Å²) in [6.07, 6.45) is 3.49. The van der Waals surface area contributed by atoms with Crippen LogP contribution >= 0.6 is 0 Å². The number of ether oxygens (including phenoxy) is 1. The highest BCUT2D eigenvalue weighted by Crippen LogP contribution is 2.18. The lowest BCUT2D eigenvalue weighted by molar-refractivity contribution is 0.0401. The normalized spacial score (nSPS) is 18.4. The predicted octanol–water partition coefficient (Wildman–Crippen LogP) is 2.84. The molecule has 3 nitrogen and oxygen atoms in total. The molecule has 0 amide bonds. The lowest BCUT2D eigenvalue weighted by Gasteiger charge is -2.34. The highest BCUT2D eigenvalue weighted by atomic mass is 16.5. The van der Waals surface area contributed by atoms with Gasteiger partial charge >= 0.3 is 0 Å². The van der Waals surface area contributed by atoms with Gasteiger partial charge in [0, 0.05) is 31.8 Å². The van der Waals surface area contributed by atoms with Gasteiger partial charge in [-0.15, -0.1) is 0 Å². The molecule has 0 aliphatic carbocycles. The van der Waals surface area contributed by atoms with Crippen molar-refractivity contribution in [3.8, 4) is 0 Å². The lowest BCUT2D eigenvalue weighted by atomic mass is 10.0. The lowest BCUT2D eigenvalue weighted by Crippen LogP contribution is -2.41. The van der Waals surface area contributed by atoms with Gasteiger partial charge in [-0.1, -0.05) is 37.3 Å². The summed E-state index contributed by atoms with van der Waals surface area (Å²) >= 11 is 0. The van der Waals surface area contributed by atoms with Crippen molar-refractivity contribution in [3.05, 3.63) is 35.9 Å². The van der Waals surface area contributed by atoms with Crippen molar-refractivity contribution in [1.82, 2.24) is 10.2 Å². The van der Waals surface area contributed by atoms with Gasteiger partial charge in [-0.3, -0.25) is 0 Å². The molecule has 1 heterocycles. The monoisotopic (exact) mass is 276 g/mol. The largest absolute Gasteiger partial charge is 0.381 e. The molecule has 1 unspecified atom stereocenters. The fourth-order valence-corrected chi connectivity index (χ4v) is 2.85. The molecule has 2 rings (SSSR count). The van der Waals surface area contributed by atoms with Gasteiger partial charge in [0.1, 0.15) is 0 Å². The minimum absolute atomic E-state index is 0.420. The van der Waals surface area contributed by atoms with Crippen LogP contribution in [0, 0.1) is 0 Å². The number of nitrogens with one attached hydrogen (secondary N) is 1. The third-order valence-electron chi connectivity index (χ3n) is 4.13. The van der Waals surface area contributed by atoms with Gasteiger partial charge in [0.25, 0.3) is 0 Å². The highest BCUT2D eigenvalue weighted by molar-refractivity contribution is 5.19. The molecular formula is C17H28N2O. The molecule has 0 aromatic heterocycles. The van der Waals surface area contributed by atoms with Gasteiger partial charge in [-0.05, 0) is 38.4 Å². The van der Waals surface area contributed by atoms with Crippen LogP contribution in [0.4, 0.5) is 0 Å². The minimum atomic E-state index is 0.420. The molecule has 0 radical (unpaired) electrons. The van der Waals surface area contributed by atoms with Crippen LogP contribution < -0.4 is 5.32 Å². The van der Waals surface area contributed by atoms with Gasteiger partial charge < -0.3 is 15.0 Å². The first-order valence-corrected chi connectivity index (χ1v) is 7.87. The van der Waals surface area contributed by atoms with E-state index in [2.05, 4.69) is 54.5 Å². The molecule has 3 heteroatoms. The second-order valence-corrected chi connectivity index (χ2v) is 5.70. The minimum Gasteiger partial charge on any atom is -0.381 e. The van der Waals surface area contributed by atoms with E-state index in [9.17, 15) is 0 Å². The summed E-state index contributed by atoms with van der Waals surface area (Å²) in [5, 5.41) is 3.68. The summed E-state index contributed by atoms with van der Waals surface area (Å²) in [5.41, 5.74) is 1.39. The van der Waals surface area contributed by atoms with Crippen molar-refractivity contribution in [3.63, 3.8) is 0 Å². The van der Waals surface area contributed by atoms with Gasteiger partial charge in [0.05, 0.1) is 0 Å². The zero-order valence-corrected chi connectivity index (χ0v) is 12.8. The van der Waals surface area contributed by atoms with Crippen LogP contribution in [0.3, 0.4) is 0 Å². The van der Waals surface area contributed by atoms with E-state index in [0.717, 1.165) is 39.1 Å². The molecular weight excluding hydrogens is 248 g/mol. The van der Waals surface area contributed by atoms with Crippen LogP contribution in [-0.4, -0.2) is 44.3 Å². The molecule has 1 N–H and O–H groups in total. The molecule has 0 bridgehead atoms. The number of nitrogens with zero attached hydrogens (tertiary/aromatic N) is 1. The maximum atomic E-state index is 5.46. The fourth-order valence-electron chi connectivity index (χ4n) is 2.85. The summed E-state index contributed by atoms with van der Waals surface area (Å²) in [6, 6.07) is 11.9. The molecule has 1 aromatic carbocycles. The quantitative estimate of drug-likeness (QED) is 0.829. The van der Waals surface area contributed by atoms with E-state index in [1.807, 2.05) is 0 Å². The first kappa shape index (κ1) is 15.5. The van der Waals surface area contributed by atoms with Crippen LogP contribution in [0.1, 0.15) is 37.8 Å². The average molecular weight is 276 g/mol. The topological polar surface area (TPSA) is 24.5 Å². The molecule has 1 aliphatic rings. The maximum absolute atomic E-state index is 5.46. The summed E-state index contributed by atoms with van der Waals surface area (Å²) < 4.78 is 5.46. The van der Waals surface area contributed by atoms with Crippen LogP contribution in [0.2, 0.25) is 0 Å². The number of hydrogen-bond acceptors (Lipinski definition) is 3. The maximum Gasteiger partial charge on any atom is 0.0480 e. The van der Waals surface area contributed by atoms with Crippen molar-refractivity contribution >= 4 is 0 Å². The van der Waals surface area contributed by atoms with Crippen molar-refractivity contribution in [2.75, 3.05) is 33.4 Å². The first-order chi connectivity index (χ1) is 9.81. The van der Waals surface area contributed by atoms with Crippen LogP contribution in [0.25, 0.3) is 0 Å². The van der Waals surface area contributed by atoms with E-state index in [1.165, 1.54) is 12.0 Å². The Morgan fingerprint density at radius 2 is 1.95 bits per heavy atom. The Morgan fingerprint density at radius 3 is 2.60 bits per heavy atom. The molecule has 1 atom stereocenters. The summed E-state index contributed by atoms with van der Waals surface area (Å²) in [4.78, 5) is 2.50. The molecule has 0 saturated carbocycles. The van der Waals surface area contributed by atoms with Crippen molar-refractivity contribution in [2.45, 2.75) is 38.3 Å². The number of benzene rings is 1. The first-order valence-electron chi connectivity index (χ1n) is 7.87. The zero-order valence-electron chi connectivity index (χ0n) is 12.8. The van der Waals surface area contributed by atoms with Crippen molar-refractivity contribution < 1.29 is 4.74 Å². The standard InChI is InChI=1S/C17H28N2O/c1-3-11-18-17(15-7-5-4-6-8-15)14-19(2)16-9-12-20-13-10-16/h4-8,16-18H,3,9-14H2,1-2H3. The Morgan fingerprint density at radius 1 is 1.25 bits per heavy atom. The summed E-state index contributed by atoms with van der Waals surface area (Å²) in [6.45, 7) is 6.17. The van der Waals surface area contributed by atoms with E-state index in [-0.39, 0.29) is 0 Å². The average Bonchev–Trinajstić information content (AvgIpc) is 2.53. The Kier molecular flexibility index (Phi) is 6.51. The molecule has 1 aromatic rings. The molecule has 1 fully saturated rings. The van der Waals surface area contributed by atoms with E-state index in [4.69, 9.17) is 4.74 Å². The van der Waals surface area contributed by atoms with E-state index in [0.29, 0.717) is 12.1 Å². The van der Waals surface area contributed by atoms with Crippen LogP contribution in [0.15, 0.2) is 30.3 Å². The van der Waals surface area contributed by atoms with E-state index in [1.54, 1.807) is 0 Å². The molecule has 20 heavy (non-hydrogen) atoms. The predicted molar refractivity (Wildman–Crippen MR) is 83.9 cm³/mol. The molecule has 1 saturated heterocycles. The van der Waals surface area contributed by atoms with Gasteiger partial charge in [0.2, 0.25) is 0 Å². The second kappa shape index (κ2) is 8.40. The molecule has 112 valence electrons. The Bertz CT molecular complexity index is 363. The second-order valence-electron chi connectivity index (χ2n) is 5.70. The SMILES string of the molecule is CCCNC(CN(C)C1CCOCC1)c1ccccc1. The van der Waals surface area contributed by atoms with Crippen molar-refractivity contribution in [2.24, 2.45) is 0 Å². The van der Waals surface area contributed by atoms with Gasteiger partial charge in [-0.2, -0.15) is 0 Å². The molecule has 1 aliphatic heterocycles. The Labute approximate surface area is 123 Å². The smallest absolute Gasteiger partial charge is 0.0480 e. The van der Waals surface area contributed by atoms with E-state index < -0.39 is 0 Å². The third kappa shape index (κ3) is 4.58. The number of rotatable bonds is 7. The van der Waals surface area contributed by atoms with Gasteiger partial charge in [-0.25, -0.2) is 0 Å². The fraction of sp³-hybridized carbons (Fsp3) is 0.647. The highest BCUT2D eigenvalue weighted by Gasteiger charge is 2.21. The number of likely N-dealkylation sites (N-methyl/N-ethyl adjacent to an activating group) is 1. The summed E-state index contributed by atoms with van der Waals surface area (Å²) in [7, 11) is 2.25.